The van der Waals surface area contributed by atoms with Gasteiger partial charge in [-0.1, -0.05) is 6.07 Å². The van der Waals surface area contributed by atoms with Crippen LogP contribution in [0.4, 0.5) is 5.69 Å². The van der Waals surface area contributed by atoms with Gasteiger partial charge < -0.3 is 29.2 Å². The zero-order valence-corrected chi connectivity index (χ0v) is 23.4. The molecule has 0 radical (unpaired) electrons. The van der Waals surface area contributed by atoms with E-state index in [1.54, 1.807) is 0 Å². The zero-order valence-electron chi connectivity index (χ0n) is 23.4. The topological polar surface area (TPSA) is 140 Å². The van der Waals surface area contributed by atoms with Crippen LogP contribution < -0.4 is 15.0 Å². The molecule has 2 aromatic carbocycles. The van der Waals surface area contributed by atoms with Crippen LogP contribution in [0, 0.1) is 6.92 Å². The second kappa shape index (κ2) is 13.7. The summed E-state index contributed by atoms with van der Waals surface area (Å²) in [6.07, 6.45) is 5.18. The Morgan fingerprint density at radius 3 is 2.60 bits per heavy atom. The summed E-state index contributed by atoms with van der Waals surface area (Å²) in [5, 5.41) is 12.0. The van der Waals surface area contributed by atoms with E-state index in [1.807, 2.05) is 37.3 Å². The predicted molar refractivity (Wildman–Crippen MR) is 155 cm³/mol. The third kappa shape index (κ3) is 7.49. The van der Waals surface area contributed by atoms with Crippen molar-refractivity contribution >= 4 is 17.6 Å². The van der Waals surface area contributed by atoms with Gasteiger partial charge in [0, 0.05) is 56.1 Å². The Kier molecular flexibility index (Phi) is 9.40. The van der Waals surface area contributed by atoms with E-state index in [2.05, 4.69) is 32.3 Å². The fourth-order valence-electron chi connectivity index (χ4n) is 4.71. The van der Waals surface area contributed by atoms with Gasteiger partial charge in [-0.05, 0) is 60.9 Å². The summed E-state index contributed by atoms with van der Waals surface area (Å²) < 4.78 is 17.4. The minimum absolute atomic E-state index is 0.0188. The molecule has 0 aliphatic carbocycles. The van der Waals surface area contributed by atoms with E-state index in [-0.39, 0.29) is 24.6 Å². The number of rotatable bonds is 12. The largest absolute Gasteiger partial charge is 0.493 e. The average Bonchev–Trinajstić information content (AvgIpc) is 3.40. The predicted octanol–water partition coefficient (Wildman–Crippen LogP) is 3.85. The van der Waals surface area contributed by atoms with Crippen LogP contribution in [0.2, 0.25) is 0 Å². The van der Waals surface area contributed by atoms with E-state index in [0.717, 1.165) is 60.1 Å². The lowest BCUT2D eigenvalue weighted by Crippen LogP contribution is -2.36. The van der Waals surface area contributed by atoms with Crippen LogP contribution in [0.25, 0.3) is 11.5 Å². The second-order valence-electron chi connectivity index (χ2n) is 9.86. The maximum Gasteiger partial charge on any atom is 0.303 e. The third-order valence-corrected chi connectivity index (χ3v) is 7.01. The number of carbonyl (C=O) groups excluding carboxylic acids is 1. The van der Waals surface area contributed by atoms with Gasteiger partial charge in [-0.2, -0.15) is 0 Å². The SMILES string of the molecule is Cc1oc(-c2ccc(N3CCOCC3)cc2)nc1CCOc1ccc(CCC(=O)O)c(CNC(=O)c2cnccn2)c1. The molecule has 0 atom stereocenters. The first-order valence-corrected chi connectivity index (χ1v) is 13.9. The maximum atomic E-state index is 12.5. The molecule has 0 bridgehead atoms. The number of aliphatic carboxylic acids is 1. The first-order chi connectivity index (χ1) is 20.5. The number of hydrogen-bond acceptors (Lipinski definition) is 9. The summed E-state index contributed by atoms with van der Waals surface area (Å²) in [6.45, 7) is 5.69. The highest BCUT2D eigenvalue weighted by Crippen LogP contribution is 2.26. The van der Waals surface area contributed by atoms with Crippen LogP contribution in [0.3, 0.4) is 0 Å². The van der Waals surface area contributed by atoms with Gasteiger partial charge in [0.2, 0.25) is 5.89 Å². The van der Waals surface area contributed by atoms with E-state index in [0.29, 0.717) is 31.1 Å². The molecule has 0 saturated carbocycles. The number of ether oxygens (including phenoxy) is 2. The van der Waals surface area contributed by atoms with Crippen molar-refractivity contribution in [3.8, 4) is 17.2 Å². The number of aryl methyl sites for hydroxylation is 2. The molecule has 1 aliphatic heterocycles. The van der Waals surface area contributed by atoms with E-state index in [9.17, 15) is 9.59 Å². The lowest BCUT2D eigenvalue weighted by atomic mass is 10.0. The molecule has 11 heteroatoms. The Morgan fingerprint density at radius 1 is 1.05 bits per heavy atom. The molecule has 4 aromatic rings. The van der Waals surface area contributed by atoms with E-state index in [4.69, 9.17) is 24.0 Å². The molecule has 0 spiro atoms. The number of carboxylic acids is 1. The first-order valence-electron chi connectivity index (χ1n) is 13.9. The van der Waals surface area contributed by atoms with Gasteiger partial charge in [-0.15, -0.1) is 0 Å². The van der Waals surface area contributed by atoms with Gasteiger partial charge in [0.25, 0.3) is 5.91 Å². The van der Waals surface area contributed by atoms with Crippen LogP contribution in [0.15, 0.2) is 65.5 Å². The normalized spacial score (nSPS) is 13.1. The number of hydrogen-bond donors (Lipinski definition) is 2. The summed E-state index contributed by atoms with van der Waals surface area (Å²) in [6, 6.07) is 13.7. The van der Waals surface area contributed by atoms with Crippen molar-refractivity contribution in [3.63, 3.8) is 0 Å². The van der Waals surface area contributed by atoms with Gasteiger partial charge in [0.1, 0.15) is 17.2 Å². The van der Waals surface area contributed by atoms with Crippen LogP contribution in [0.1, 0.15) is 39.5 Å². The van der Waals surface area contributed by atoms with E-state index in [1.165, 1.54) is 18.6 Å². The number of anilines is 1. The van der Waals surface area contributed by atoms with Crippen molar-refractivity contribution in [2.75, 3.05) is 37.8 Å². The first kappa shape index (κ1) is 28.7. The number of nitrogens with zero attached hydrogens (tertiary/aromatic N) is 4. The quantitative estimate of drug-likeness (QED) is 0.258. The monoisotopic (exact) mass is 571 g/mol. The molecule has 3 heterocycles. The van der Waals surface area contributed by atoms with E-state index < -0.39 is 5.97 Å². The minimum atomic E-state index is -0.889. The van der Waals surface area contributed by atoms with Crippen molar-refractivity contribution in [1.82, 2.24) is 20.3 Å². The molecule has 5 rings (SSSR count). The van der Waals surface area contributed by atoms with Crippen LogP contribution in [0.5, 0.6) is 5.75 Å². The van der Waals surface area contributed by atoms with Gasteiger partial charge in [0.05, 0.1) is 31.7 Å². The third-order valence-electron chi connectivity index (χ3n) is 7.01. The lowest BCUT2D eigenvalue weighted by molar-refractivity contribution is -0.136. The molecule has 0 unspecified atom stereocenters. The van der Waals surface area contributed by atoms with E-state index >= 15 is 0 Å². The fraction of sp³-hybridized carbons (Fsp3) is 0.323. The van der Waals surface area contributed by atoms with Crippen LogP contribution in [-0.4, -0.2) is 64.8 Å². The van der Waals surface area contributed by atoms with Gasteiger partial charge in [-0.25, -0.2) is 9.97 Å². The number of carboxylic acid groups (broad SMARTS) is 1. The summed E-state index contributed by atoms with van der Waals surface area (Å²) in [5.74, 6) is 0.659. The Hall–Kier alpha value is -4.77. The lowest BCUT2D eigenvalue weighted by Gasteiger charge is -2.28. The molecule has 42 heavy (non-hydrogen) atoms. The minimum Gasteiger partial charge on any atom is -0.493 e. The number of amides is 1. The van der Waals surface area contributed by atoms with Gasteiger partial charge in [-0.3, -0.25) is 14.6 Å². The summed E-state index contributed by atoms with van der Waals surface area (Å²) >= 11 is 0. The molecular weight excluding hydrogens is 538 g/mol. The Bertz CT molecular complexity index is 1500. The maximum absolute atomic E-state index is 12.5. The highest BCUT2D eigenvalue weighted by Gasteiger charge is 2.15. The average molecular weight is 572 g/mol. The van der Waals surface area contributed by atoms with Crippen molar-refractivity contribution in [2.45, 2.75) is 32.7 Å². The highest BCUT2D eigenvalue weighted by molar-refractivity contribution is 5.91. The molecule has 1 saturated heterocycles. The number of aromatic nitrogens is 3. The van der Waals surface area contributed by atoms with Crippen molar-refractivity contribution in [3.05, 3.63) is 89.3 Å². The molecule has 2 aromatic heterocycles. The highest BCUT2D eigenvalue weighted by atomic mass is 16.5. The number of benzene rings is 2. The van der Waals surface area contributed by atoms with Crippen molar-refractivity contribution in [1.29, 1.82) is 0 Å². The molecule has 1 amide bonds. The van der Waals surface area contributed by atoms with Crippen molar-refractivity contribution < 1.29 is 28.6 Å². The Morgan fingerprint density at radius 2 is 1.86 bits per heavy atom. The second-order valence-corrected chi connectivity index (χ2v) is 9.86. The van der Waals surface area contributed by atoms with Gasteiger partial charge >= 0.3 is 5.97 Å². The Balaban J connectivity index is 1.20. The fourth-order valence-corrected chi connectivity index (χ4v) is 4.71. The Labute approximate surface area is 243 Å². The standard InChI is InChI=1S/C31H33N5O6/c1-21-27(35-31(42-21)23-2-6-25(7-3-23)36-13-16-40-17-14-36)10-15-41-26-8-4-22(5-9-29(37)38)24(18-26)19-34-30(39)28-20-32-11-12-33-28/h2-4,6-8,11-12,18,20H,5,9-10,13-17,19H2,1H3,(H,34,39)(H,37,38). The molecule has 11 nitrogen and oxygen atoms in total. The molecule has 1 aliphatic rings. The number of morpholine rings is 1. The molecule has 218 valence electrons. The van der Waals surface area contributed by atoms with Crippen molar-refractivity contribution in [2.24, 2.45) is 0 Å². The smallest absolute Gasteiger partial charge is 0.303 e. The molecule has 2 N–H and O–H groups in total. The summed E-state index contributed by atoms with van der Waals surface area (Å²) in [7, 11) is 0. The number of nitrogens with one attached hydrogen (secondary N) is 1. The molecular formula is C31H33N5O6. The van der Waals surface area contributed by atoms with Crippen LogP contribution >= 0.6 is 0 Å². The molecule has 1 fully saturated rings. The summed E-state index contributed by atoms with van der Waals surface area (Å²) in [4.78, 5) is 38.6. The summed E-state index contributed by atoms with van der Waals surface area (Å²) in [5.41, 5.74) is 4.67. The number of oxazole rings is 1. The van der Waals surface area contributed by atoms with Gasteiger partial charge in [0.15, 0.2) is 0 Å². The zero-order chi connectivity index (χ0) is 29.3. The number of carbonyl (C=O) groups is 2. The van der Waals surface area contributed by atoms with Crippen LogP contribution in [-0.2, 0) is 28.9 Å².